The molecule has 1 heterocycles. The third kappa shape index (κ3) is 3.24. The number of para-hydroxylation sites is 1. The minimum atomic E-state index is -0.0497. The summed E-state index contributed by atoms with van der Waals surface area (Å²) in [4.78, 5) is 15.8. The van der Waals surface area contributed by atoms with E-state index in [0.29, 0.717) is 12.1 Å². The molecule has 1 atom stereocenters. The lowest BCUT2D eigenvalue weighted by atomic mass is 9.91. The van der Waals surface area contributed by atoms with Gasteiger partial charge in [0.05, 0.1) is 0 Å². The zero-order chi connectivity index (χ0) is 17.8. The number of carbonyl (C=O) groups is 1. The molecule has 3 heteroatoms. The van der Waals surface area contributed by atoms with E-state index in [4.69, 9.17) is 0 Å². The number of benzene rings is 3. The van der Waals surface area contributed by atoms with Crippen LogP contribution in [0, 0.1) is 0 Å². The van der Waals surface area contributed by atoms with Gasteiger partial charge in [-0.2, -0.15) is 0 Å². The van der Waals surface area contributed by atoms with Crippen molar-refractivity contribution in [1.29, 1.82) is 0 Å². The van der Waals surface area contributed by atoms with E-state index in [9.17, 15) is 4.79 Å². The molecule has 0 fully saturated rings. The Morgan fingerprint density at radius 2 is 1.50 bits per heavy atom. The molecule has 0 aliphatic heterocycles. The van der Waals surface area contributed by atoms with Crippen LogP contribution in [-0.4, -0.2) is 17.4 Å². The van der Waals surface area contributed by atoms with Crippen LogP contribution in [0.3, 0.4) is 0 Å². The van der Waals surface area contributed by atoms with Gasteiger partial charge in [0.2, 0.25) is 0 Å². The minimum absolute atomic E-state index is 0.0497. The lowest BCUT2D eigenvalue weighted by Crippen LogP contribution is -2.28. The Labute approximate surface area is 152 Å². The van der Waals surface area contributed by atoms with E-state index < -0.39 is 0 Å². The summed E-state index contributed by atoms with van der Waals surface area (Å²) in [6.07, 6.45) is 2.05. The third-order valence-corrected chi connectivity index (χ3v) is 4.70. The number of fused-ring (bicyclic) bond motifs is 1. The van der Waals surface area contributed by atoms with Crippen LogP contribution >= 0.6 is 0 Å². The average Bonchev–Trinajstić information content (AvgIpc) is 3.14. The third-order valence-electron chi connectivity index (χ3n) is 4.70. The van der Waals surface area contributed by atoms with Gasteiger partial charge in [0.25, 0.3) is 5.91 Å². The monoisotopic (exact) mass is 340 g/mol. The van der Waals surface area contributed by atoms with Crippen LogP contribution in [-0.2, 0) is 0 Å². The summed E-state index contributed by atoms with van der Waals surface area (Å²) in [5.41, 5.74) is 4.17. The first-order valence-corrected chi connectivity index (χ1v) is 8.77. The molecule has 0 radical (unpaired) electrons. The molecule has 0 saturated heterocycles. The van der Waals surface area contributed by atoms with Gasteiger partial charge in [-0.15, -0.1) is 0 Å². The molecule has 0 saturated carbocycles. The number of amides is 1. The second kappa shape index (κ2) is 7.28. The Bertz CT molecular complexity index is 1010. The lowest BCUT2D eigenvalue weighted by Gasteiger charge is -2.18. The number of hydrogen-bond acceptors (Lipinski definition) is 1. The maximum Gasteiger partial charge on any atom is 0.251 e. The predicted octanol–water partition coefficient (Wildman–Crippen LogP) is 4.73. The number of rotatable bonds is 5. The molecule has 0 bridgehead atoms. The van der Waals surface area contributed by atoms with Gasteiger partial charge in [0.15, 0.2) is 0 Å². The van der Waals surface area contributed by atoms with E-state index in [2.05, 4.69) is 40.8 Å². The second-order valence-corrected chi connectivity index (χ2v) is 6.33. The Morgan fingerprint density at radius 1 is 0.846 bits per heavy atom. The summed E-state index contributed by atoms with van der Waals surface area (Å²) < 4.78 is 0. The first-order valence-electron chi connectivity index (χ1n) is 8.77. The highest BCUT2D eigenvalue weighted by Gasteiger charge is 2.19. The van der Waals surface area contributed by atoms with E-state index >= 15 is 0 Å². The summed E-state index contributed by atoms with van der Waals surface area (Å²) in [5, 5.41) is 4.29. The van der Waals surface area contributed by atoms with E-state index in [1.807, 2.05) is 60.7 Å². The summed E-state index contributed by atoms with van der Waals surface area (Å²) in [6.45, 7) is 0.541. The largest absolute Gasteiger partial charge is 0.361 e. The molecular weight excluding hydrogens is 320 g/mol. The van der Waals surface area contributed by atoms with E-state index in [-0.39, 0.29) is 11.8 Å². The molecule has 4 rings (SSSR count). The number of H-pyrrole nitrogens is 1. The first kappa shape index (κ1) is 16.2. The number of carbonyl (C=O) groups excluding carboxylic acids is 1. The van der Waals surface area contributed by atoms with Gasteiger partial charge < -0.3 is 10.3 Å². The number of hydrogen-bond donors (Lipinski definition) is 2. The zero-order valence-electron chi connectivity index (χ0n) is 14.4. The van der Waals surface area contributed by atoms with Crippen LogP contribution in [0.1, 0.15) is 27.4 Å². The van der Waals surface area contributed by atoms with Crippen molar-refractivity contribution >= 4 is 16.8 Å². The summed E-state index contributed by atoms with van der Waals surface area (Å²) >= 11 is 0. The van der Waals surface area contributed by atoms with Gasteiger partial charge in [-0.25, -0.2) is 0 Å². The molecular formula is C23H20N2O. The lowest BCUT2D eigenvalue weighted by molar-refractivity contribution is 0.0952. The molecule has 26 heavy (non-hydrogen) atoms. The molecule has 1 unspecified atom stereocenters. The maximum absolute atomic E-state index is 12.5. The summed E-state index contributed by atoms with van der Waals surface area (Å²) in [5.74, 6) is 0.0337. The van der Waals surface area contributed by atoms with Crippen molar-refractivity contribution in [2.45, 2.75) is 5.92 Å². The molecule has 0 aliphatic carbocycles. The molecule has 3 aromatic carbocycles. The van der Waals surface area contributed by atoms with Crippen LogP contribution in [0.2, 0.25) is 0 Å². The van der Waals surface area contributed by atoms with Crippen molar-refractivity contribution < 1.29 is 4.79 Å². The average molecular weight is 340 g/mol. The molecule has 1 aromatic heterocycles. The normalized spacial score (nSPS) is 12.0. The highest BCUT2D eigenvalue weighted by molar-refractivity contribution is 5.94. The van der Waals surface area contributed by atoms with Gasteiger partial charge in [0.1, 0.15) is 0 Å². The quantitative estimate of drug-likeness (QED) is 0.542. The fraction of sp³-hybridized carbons (Fsp3) is 0.0870. The molecule has 3 nitrogen and oxygen atoms in total. The summed E-state index contributed by atoms with van der Waals surface area (Å²) in [6, 6.07) is 27.9. The number of aromatic nitrogens is 1. The van der Waals surface area contributed by atoms with Gasteiger partial charge in [0, 0.05) is 35.1 Å². The van der Waals surface area contributed by atoms with Gasteiger partial charge in [-0.05, 0) is 29.3 Å². The number of aromatic amines is 1. The fourth-order valence-electron chi connectivity index (χ4n) is 3.36. The molecule has 2 N–H and O–H groups in total. The molecule has 4 aromatic rings. The smallest absolute Gasteiger partial charge is 0.251 e. The van der Waals surface area contributed by atoms with E-state index in [1.165, 1.54) is 16.5 Å². The van der Waals surface area contributed by atoms with Crippen molar-refractivity contribution in [1.82, 2.24) is 10.3 Å². The van der Waals surface area contributed by atoms with E-state index in [1.54, 1.807) is 0 Å². The maximum atomic E-state index is 12.5. The Morgan fingerprint density at radius 3 is 2.27 bits per heavy atom. The SMILES string of the molecule is O=C(NCC(c1ccccc1)c1c[nH]c2ccccc12)c1ccccc1. The molecule has 128 valence electrons. The molecule has 1 amide bonds. The molecule has 0 aliphatic rings. The Balaban J connectivity index is 1.65. The van der Waals surface area contributed by atoms with Crippen molar-refractivity contribution in [2.24, 2.45) is 0 Å². The van der Waals surface area contributed by atoms with Crippen LogP contribution in [0.25, 0.3) is 10.9 Å². The standard InChI is InChI=1S/C23H20N2O/c26-23(18-11-5-2-6-12-18)25-15-20(17-9-3-1-4-10-17)21-16-24-22-14-8-7-13-19(21)22/h1-14,16,20,24H,15H2,(H,25,26). The number of nitrogens with one attached hydrogen (secondary N) is 2. The highest BCUT2D eigenvalue weighted by Crippen LogP contribution is 2.30. The van der Waals surface area contributed by atoms with Crippen LogP contribution in [0.5, 0.6) is 0 Å². The van der Waals surface area contributed by atoms with Gasteiger partial charge in [-0.1, -0.05) is 66.7 Å². The van der Waals surface area contributed by atoms with Gasteiger partial charge in [-0.3, -0.25) is 4.79 Å². The first-order chi connectivity index (χ1) is 12.8. The highest BCUT2D eigenvalue weighted by atomic mass is 16.1. The zero-order valence-corrected chi connectivity index (χ0v) is 14.4. The van der Waals surface area contributed by atoms with Crippen LogP contribution < -0.4 is 5.32 Å². The van der Waals surface area contributed by atoms with Crippen molar-refractivity contribution in [3.05, 3.63) is 108 Å². The Kier molecular flexibility index (Phi) is 4.52. The van der Waals surface area contributed by atoms with Crippen LogP contribution in [0.15, 0.2) is 91.1 Å². The topological polar surface area (TPSA) is 44.9 Å². The molecule has 0 spiro atoms. The minimum Gasteiger partial charge on any atom is -0.361 e. The van der Waals surface area contributed by atoms with Crippen molar-refractivity contribution in [2.75, 3.05) is 6.54 Å². The predicted molar refractivity (Wildman–Crippen MR) is 105 cm³/mol. The summed E-state index contributed by atoms with van der Waals surface area (Å²) in [7, 11) is 0. The Hall–Kier alpha value is -3.33. The van der Waals surface area contributed by atoms with E-state index in [0.717, 1.165) is 5.52 Å². The van der Waals surface area contributed by atoms with Crippen LogP contribution in [0.4, 0.5) is 0 Å². The second-order valence-electron chi connectivity index (χ2n) is 6.33. The van der Waals surface area contributed by atoms with Gasteiger partial charge >= 0.3 is 0 Å². The van der Waals surface area contributed by atoms with Crippen molar-refractivity contribution in [3.63, 3.8) is 0 Å². The van der Waals surface area contributed by atoms with Crippen molar-refractivity contribution in [3.8, 4) is 0 Å². The fourth-order valence-corrected chi connectivity index (χ4v) is 3.36.